The van der Waals surface area contributed by atoms with E-state index in [1.807, 2.05) is 60.7 Å². The molecule has 19 nitrogen and oxygen atoms in total. The maximum atomic E-state index is 13.5. The largest absolute Gasteiger partial charge is 0.480 e. The lowest BCUT2D eigenvalue weighted by atomic mass is 10.0. The van der Waals surface area contributed by atoms with E-state index in [-0.39, 0.29) is 68.9 Å². The van der Waals surface area contributed by atoms with E-state index in [2.05, 4.69) is 16.0 Å². The summed E-state index contributed by atoms with van der Waals surface area (Å²) in [6.07, 6.45) is 4.09. The first-order valence-electron chi connectivity index (χ1n) is 19.9. The van der Waals surface area contributed by atoms with Crippen molar-refractivity contribution in [3.8, 4) is 0 Å². The molecule has 0 radical (unpaired) electrons. The number of fused-ring (bicyclic) bond motifs is 2. The zero-order valence-corrected chi connectivity index (χ0v) is 35.2. The van der Waals surface area contributed by atoms with Gasteiger partial charge in [0.25, 0.3) is 0 Å². The third-order valence-electron chi connectivity index (χ3n) is 9.81. The number of hydrogen-bond acceptors (Lipinski definition) is 11. The molecule has 336 valence electrons. The molecule has 0 aliphatic carbocycles. The smallest absolute Gasteiger partial charge is 0.317 e. The quantitative estimate of drug-likeness (QED) is 0.0445. The van der Waals surface area contributed by atoms with Gasteiger partial charge in [0.05, 0.1) is 45.0 Å². The minimum Gasteiger partial charge on any atom is -0.480 e. The van der Waals surface area contributed by atoms with Gasteiger partial charge in [-0.3, -0.25) is 48.3 Å². The van der Waals surface area contributed by atoms with E-state index in [9.17, 15) is 59.1 Å². The van der Waals surface area contributed by atoms with E-state index in [0.717, 1.165) is 27.3 Å². The minimum absolute atomic E-state index is 0.00889. The van der Waals surface area contributed by atoms with Crippen molar-refractivity contribution < 1.29 is 59.1 Å². The fourth-order valence-corrected chi connectivity index (χ4v) is 7.16. The van der Waals surface area contributed by atoms with E-state index < -0.39 is 68.6 Å². The lowest BCUT2D eigenvalue weighted by Crippen LogP contribution is -2.51. The van der Waals surface area contributed by atoms with E-state index >= 15 is 0 Å². The summed E-state index contributed by atoms with van der Waals surface area (Å²) in [5, 5.41) is 56.3. The molecule has 0 spiro atoms. The number of benzene rings is 3. The van der Waals surface area contributed by atoms with Crippen molar-refractivity contribution in [1.82, 2.24) is 25.3 Å². The molecule has 1 atom stereocenters. The van der Waals surface area contributed by atoms with Crippen molar-refractivity contribution in [2.45, 2.75) is 31.8 Å². The Kier molecular flexibility index (Phi) is 19.1. The summed E-state index contributed by atoms with van der Waals surface area (Å²) >= 11 is 5.41. The van der Waals surface area contributed by atoms with Crippen molar-refractivity contribution in [3.63, 3.8) is 0 Å². The average molecular weight is 890 g/mol. The van der Waals surface area contributed by atoms with Gasteiger partial charge in [0.1, 0.15) is 0 Å². The van der Waals surface area contributed by atoms with Crippen LogP contribution in [0.3, 0.4) is 0 Å². The Bertz CT molecular complexity index is 2120. The molecule has 3 aromatic carbocycles. The Morgan fingerprint density at radius 3 is 1.81 bits per heavy atom. The fraction of sp³-hybridized carbons (Fsp3) is 0.349. The van der Waals surface area contributed by atoms with E-state index in [1.165, 1.54) is 9.80 Å². The maximum absolute atomic E-state index is 13.5. The summed E-state index contributed by atoms with van der Waals surface area (Å²) in [6, 6.07) is 21.4. The normalized spacial score (nSPS) is 12.9. The van der Waals surface area contributed by atoms with Crippen LogP contribution in [-0.2, 0) is 46.5 Å². The highest BCUT2D eigenvalue weighted by atomic mass is 32.1. The van der Waals surface area contributed by atoms with E-state index in [4.69, 9.17) is 12.2 Å². The number of anilines is 2. The third-order valence-corrected chi connectivity index (χ3v) is 10.1. The van der Waals surface area contributed by atoms with Crippen LogP contribution < -0.4 is 20.9 Å². The van der Waals surface area contributed by atoms with Crippen LogP contribution in [0.2, 0.25) is 0 Å². The third kappa shape index (κ3) is 17.3. The molecule has 1 aliphatic rings. The highest BCUT2D eigenvalue weighted by molar-refractivity contribution is 7.80. The van der Waals surface area contributed by atoms with Gasteiger partial charge in [0.15, 0.2) is 5.11 Å². The summed E-state index contributed by atoms with van der Waals surface area (Å²) in [4.78, 5) is 89.5. The van der Waals surface area contributed by atoms with Gasteiger partial charge >= 0.3 is 29.8 Å². The molecular weight excluding hydrogens is 839 g/mol. The Morgan fingerprint density at radius 2 is 1.17 bits per heavy atom. The number of hydrogen-bond donors (Lipinski definition) is 8. The Balaban J connectivity index is 1.30. The molecule has 3 aromatic rings. The molecule has 2 amide bonds. The highest BCUT2D eigenvalue weighted by Crippen LogP contribution is 2.29. The van der Waals surface area contributed by atoms with Gasteiger partial charge in [-0.25, -0.2) is 0 Å². The van der Waals surface area contributed by atoms with Gasteiger partial charge in [-0.05, 0) is 59.1 Å². The second kappa shape index (κ2) is 24.6. The molecule has 0 saturated carbocycles. The van der Waals surface area contributed by atoms with Crippen LogP contribution >= 0.6 is 12.2 Å². The van der Waals surface area contributed by atoms with Crippen molar-refractivity contribution in [3.05, 3.63) is 95.1 Å². The minimum atomic E-state index is -1.31. The van der Waals surface area contributed by atoms with Crippen LogP contribution in [0.4, 0.5) is 11.4 Å². The van der Waals surface area contributed by atoms with Crippen LogP contribution in [0.5, 0.6) is 0 Å². The van der Waals surface area contributed by atoms with Gasteiger partial charge < -0.3 is 46.4 Å². The lowest BCUT2D eigenvalue weighted by molar-refractivity contribution is -0.144. The summed E-state index contributed by atoms with van der Waals surface area (Å²) < 4.78 is 0. The van der Waals surface area contributed by atoms with Gasteiger partial charge in [0, 0.05) is 57.3 Å². The zero-order valence-electron chi connectivity index (χ0n) is 34.4. The zero-order chi connectivity index (χ0) is 45.9. The summed E-state index contributed by atoms with van der Waals surface area (Å²) in [5.74, 6) is -6.94. The molecule has 0 unspecified atom stereocenters. The second-order valence-electron chi connectivity index (χ2n) is 14.7. The molecule has 4 rings (SSSR count). The van der Waals surface area contributed by atoms with Gasteiger partial charge in [-0.2, -0.15) is 0 Å². The molecule has 63 heavy (non-hydrogen) atoms. The van der Waals surface area contributed by atoms with Crippen molar-refractivity contribution in [2.24, 2.45) is 0 Å². The van der Waals surface area contributed by atoms with Crippen LogP contribution in [0.25, 0.3) is 12.2 Å². The summed E-state index contributed by atoms with van der Waals surface area (Å²) in [6.45, 7) is -2.72. The maximum Gasteiger partial charge on any atom is 0.317 e. The number of para-hydroxylation sites is 1. The second-order valence-corrected chi connectivity index (χ2v) is 15.1. The topological polar surface area (TPSA) is 270 Å². The molecule has 0 bridgehead atoms. The number of carboxylic acids is 5. The van der Waals surface area contributed by atoms with E-state index in [1.54, 1.807) is 29.2 Å². The number of amides is 2. The number of nitrogens with one attached hydrogen (secondary N) is 3. The number of aliphatic carboxylic acids is 5. The summed E-state index contributed by atoms with van der Waals surface area (Å²) in [5.41, 5.74) is 4.89. The van der Waals surface area contributed by atoms with Gasteiger partial charge in [-0.1, -0.05) is 66.7 Å². The van der Waals surface area contributed by atoms with Crippen LogP contribution in [0.1, 0.15) is 35.1 Å². The van der Waals surface area contributed by atoms with Gasteiger partial charge in [0.2, 0.25) is 11.8 Å². The fourth-order valence-electron chi connectivity index (χ4n) is 6.94. The number of nitrogens with zero attached hydrogens (tertiary/aromatic N) is 4. The Morgan fingerprint density at radius 1 is 0.635 bits per heavy atom. The highest BCUT2D eigenvalue weighted by Gasteiger charge is 2.28. The van der Waals surface area contributed by atoms with Crippen LogP contribution in [-0.4, -0.2) is 158 Å². The number of carbonyl (C=O) groups is 7. The SMILES string of the molecule is O=C(O)CN(CCN(CC(=O)O)C[C@H](Cc1ccc(NC(=S)NCCNC(=O)CCC(=O)N2Cc3ccccc3/C=C\c3ccccc32)cc1)N(CC(=O)O)CC(=O)O)CC(=O)O. The van der Waals surface area contributed by atoms with Crippen LogP contribution in [0, 0.1) is 0 Å². The Labute approximate surface area is 368 Å². The van der Waals surface area contributed by atoms with Crippen LogP contribution in [0.15, 0.2) is 72.8 Å². The number of rotatable bonds is 25. The Hall–Kier alpha value is -6.74. The molecule has 1 heterocycles. The molecule has 1 aliphatic heterocycles. The average Bonchev–Trinajstić information content (AvgIpc) is 3.20. The predicted molar refractivity (Wildman–Crippen MR) is 236 cm³/mol. The predicted octanol–water partition coefficient (Wildman–Crippen LogP) is 1.83. The number of carbonyl (C=O) groups excluding carboxylic acids is 2. The van der Waals surface area contributed by atoms with Gasteiger partial charge in [-0.15, -0.1) is 0 Å². The standard InChI is InChI=1S/C43H51N7O12S/c51-36(15-16-37(52)50-22-32-7-2-1-5-30(32)11-12-31-6-3-4-8-35(31)50)44-17-18-45-43(63)46-33-13-9-29(10-14-33)21-34(49(27-41(59)60)28-42(61)62)23-47(24-38(53)54)19-20-48(25-39(55)56)26-40(57)58/h1-14,34H,15-28H2,(H,44,51)(H,53,54)(H,55,56)(H,57,58)(H,59,60)(H,61,62)(H2,45,46,63)/b12-11-/t34-/m0/s1. The summed E-state index contributed by atoms with van der Waals surface area (Å²) in [7, 11) is 0. The lowest BCUT2D eigenvalue weighted by Gasteiger charge is -2.34. The first-order valence-corrected chi connectivity index (χ1v) is 20.3. The van der Waals surface area contributed by atoms with Crippen molar-refractivity contribution >= 4 is 82.5 Å². The molecular formula is C43H51N7O12S. The van der Waals surface area contributed by atoms with Crippen molar-refractivity contribution in [1.29, 1.82) is 0 Å². The molecule has 20 heteroatoms. The number of thiocarbonyl (C=S) groups is 1. The molecule has 0 fully saturated rings. The monoisotopic (exact) mass is 889 g/mol. The first-order chi connectivity index (χ1) is 30.1. The molecule has 0 aromatic heterocycles. The van der Waals surface area contributed by atoms with E-state index in [0.29, 0.717) is 17.8 Å². The molecule has 0 saturated heterocycles. The first kappa shape index (κ1) is 48.9. The van der Waals surface area contributed by atoms with Crippen molar-refractivity contribution in [2.75, 3.05) is 75.7 Å². The molecule has 8 N–H and O–H groups in total. The number of carboxylic acid groups (broad SMARTS) is 5.